The Labute approximate surface area is 173 Å². The molecule has 1 aromatic carbocycles. The Morgan fingerprint density at radius 1 is 1.27 bits per heavy atom. The maximum Gasteiger partial charge on any atom is 0.191 e. The lowest BCUT2D eigenvalue weighted by molar-refractivity contribution is 0.576. The molecule has 1 aliphatic rings. The molecule has 142 valence electrons. The first kappa shape index (κ1) is 20.9. The van der Waals surface area contributed by atoms with Gasteiger partial charge < -0.3 is 15.5 Å². The molecule has 0 radical (unpaired) electrons. The van der Waals surface area contributed by atoms with Gasteiger partial charge in [0.05, 0.1) is 6.54 Å². The molecule has 2 aromatic rings. The highest BCUT2D eigenvalue weighted by Gasteiger charge is 2.27. The number of rotatable bonds is 4. The van der Waals surface area contributed by atoms with Gasteiger partial charge in [0.1, 0.15) is 17.3 Å². The maximum absolute atomic E-state index is 13.9. The van der Waals surface area contributed by atoms with Crippen LogP contribution in [0.15, 0.2) is 35.3 Å². The number of nitrogens with one attached hydrogen (secondary N) is 2. The van der Waals surface area contributed by atoms with Crippen molar-refractivity contribution in [3.63, 3.8) is 0 Å². The summed E-state index contributed by atoms with van der Waals surface area (Å²) in [7, 11) is 1.72. The molecule has 8 heteroatoms. The van der Waals surface area contributed by atoms with Gasteiger partial charge in [-0.05, 0) is 37.6 Å². The zero-order valence-corrected chi connectivity index (χ0v) is 17.9. The van der Waals surface area contributed by atoms with E-state index < -0.39 is 11.6 Å². The Hall–Kier alpha value is -1.42. The lowest BCUT2D eigenvalue weighted by atomic mass is 10.2. The number of nitrogens with zero attached hydrogens (tertiary/aromatic N) is 2. The van der Waals surface area contributed by atoms with E-state index in [9.17, 15) is 8.78 Å². The zero-order valence-electron chi connectivity index (χ0n) is 14.8. The number of aliphatic imine (C=N–C) groups is 1. The summed E-state index contributed by atoms with van der Waals surface area (Å²) in [5.74, 6) is -0.334. The Morgan fingerprint density at radius 3 is 2.62 bits per heavy atom. The molecule has 1 saturated heterocycles. The van der Waals surface area contributed by atoms with Crippen molar-refractivity contribution in [2.45, 2.75) is 25.9 Å². The Kier molecular flexibility index (Phi) is 7.63. The summed E-state index contributed by atoms with van der Waals surface area (Å²) in [5, 5.41) is 6.62. The van der Waals surface area contributed by atoms with E-state index in [1.165, 1.54) is 28.0 Å². The molecule has 0 spiro atoms. The molecule has 0 amide bonds. The predicted octanol–water partition coefficient (Wildman–Crippen LogP) is 3.90. The van der Waals surface area contributed by atoms with Crippen LogP contribution in [0, 0.1) is 18.6 Å². The quantitative estimate of drug-likeness (QED) is 0.387. The van der Waals surface area contributed by atoms with Crippen LogP contribution in [0.1, 0.15) is 16.2 Å². The summed E-state index contributed by atoms with van der Waals surface area (Å²) < 4.78 is 27.9. The first-order valence-corrected chi connectivity index (χ1v) is 9.10. The molecule has 2 N–H and O–H groups in total. The number of anilines is 1. The van der Waals surface area contributed by atoms with Crippen molar-refractivity contribution in [2.24, 2.45) is 4.99 Å². The number of benzene rings is 1. The van der Waals surface area contributed by atoms with Crippen molar-refractivity contribution in [1.82, 2.24) is 10.6 Å². The minimum absolute atomic E-state index is 0. The topological polar surface area (TPSA) is 39.7 Å². The van der Waals surface area contributed by atoms with Gasteiger partial charge in [0.15, 0.2) is 5.96 Å². The van der Waals surface area contributed by atoms with Crippen LogP contribution in [-0.4, -0.2) is 32.1 Å². The third kappa shape index (κ3) is 5.06. The van der Waals surface area contributed by atoms with Crippen LogP contribution >= 0.6 is 35.3 Å². The summed E-state index contributed by atoms with van der Waals surface area (Å²) in [6.07, 6.45) is 0.798. The smallest absolute Gasteiger partial charge is 0.191 e. The summed E-state index contributed by atoms with van der Waals surface area (Å²) in [5.41, 5.74) is 0.0591. The van der Waals surface area contributed by atoms with Crippen molar-refractivity contribution in [3.05, 3.63) is 51.7 Å². The largest absolute Gasteiger partial charge is 0.365 e. The molecule has 0 saturated carbocycles. The lowest BCUT2D eigenvalue weighted by Crippen LogP contribution is -2.44. The summed E-state index contributed by atoms with van der Waals surface area (Å²) in [4.78, 5) is 8.50. The average Bonchev–Trinajstić information content (AvgIpc) is 3.20. The van der Waals surface area contributed by atoms with Crippen molar-refractivity contribution in [1.29, 1.82) is 0 Å². The fourth-order valence-electron chi connectivity index (χ4n) is 3.01. The lowest BCUT2D eigenvalue weighted by Gasteiger charge is -2.21. The molecule has 1 aromatic heterocycles. The van der Waals surface area contributed by atoms with Gasteiger partial charge in [-0.1, -0.05) is 6.07 Å². The van der Waals surface area contributed by atoms with Gasteiger partial charge in [-0.25, -0.2) is 8.78 Å². The average molecular weight is 492 g/mol. The maximum atomic E-state index is 13.9. The number of guanidine groups is 1. The van der Waals surface area contributed by atoms with Crippen LogP contribution in [0.2, 0.25) is 0 Å². The highest BCUT2D eigenvalue weighted by atomic mass is 127. The number of hydrogen-bond acceptors (Lipinski definition) is 3. The normalized spacial score (nSPS) is 17.2. The van der Waals surface area contributed by atoms with E-state index >= 15 is 0 Å². The molecule has 3 rings (SSSR count). The molecule has 0 bridgehead atoms. The van der Waals surface area contributed by atoms with Crippen LogP contribution in [0.25, 0.3) is 0 Å². The monoisotopic (exact) mass is 492 g/mol. The van der Waals surface area contributed by atoms with Crippen LogP contribution in [-0.2, 0) is 6.54 Å². The first-order valence-electron chi connectivity index (χ1n) is 8.28. The summed E-state index contributed by atoms with van der Waals surface area (Å²) >= 11 is 1.75. The number of thiophene rings is 1. The number of halogens is 3. The van der Waals surface area contributed by atoms with E-state index in [-0.39, 0.29) is 35.7 Å². The van der Waals surface area contributed by atoms with Gasteiger partial charge in [0.2, 0.25) is 0 Å². The van der Waals surface area contributed by atoms with Crippen molar-refractivity contribution in [3.8, 4) is 0 Å². The number of hydrogen-bond donors (Lipinski definition) is 2. The van der Waals surface area contributed by atoms with E-state index in [1.54, 1.807) is 23.3 Å². The van der Waals surface area contributed by atoms with Crippen LogP contribution < -0.4 is 15.5 Å². The molecule has 1 fully saturated rings. The molecule has 4 nitrogen and oxygen atoms in total. The second-order valence-electron chi connectivity index (χ2n) is 6.08. The zero-order chi connectivity index (χ0) is 17.8. The van der Waals surface area contributed by atoms with Crippen LogP contribution in [0.3, 0.4) is 0 Å². The van der Waals surface area contributed by atoms with E-state index in [0.29, 0.717) is 25.6 Å². The fourth-order valence-corrected chi connectivity index (χ4v) is 3.84. The van der Waals surface area contributed by atoms with Gasteiger partial charge in [-0.15, -0.1) is 35.3 Å². The second kappa shape index (κ2) is 9.50. The van der Waals surface area contributed by atoms with Gasteiger partial charge in [0, 0.05) is 35.9 Å². The molecule has 0 aliphatic carbocycles. The fraction of sp³-hybridized carbons (Fsp3) is 0.389. The Morgan fingerprint density at radius 2 is 2.00 bits per heavy atom. The number of aryl methyl sites for hydroxylation is 1. The van der Waals surface area contributed by atoms with Crippen molar-refractivity contribution >= 4 is 47.0 Å². The Balaban J connectivity index is 0.00000243. The Bertz CT molecular complexity index is 745. The molecule has 1 atom stereocenters. The van der Waals surface area contributed by atoms with Gasteiger partial charge >= 0.3 is 0 Å². The minimum Gasteiger partial charge on any atom is -0.365 e. The number of para-hydroxylation sites is 1. The molecule has 1 aliphatic heterocycles. The van der Waals surface area contributed by atoms with Gasteiger partial charge in [-0.3, -0.25) is 4.99 Å². The SMILES string of the molecule is CN=C(NCc1ccc(C)s1)NC1CCN(c2c(F)cccc2F)C1.I. The van der Waals surface area contributed by atoms with E-state index in [0.717, 1.165) is 6.42 Å². The highest BCUT2D eigenvalue weighted by Crippen LogP contribution is 2.26. The van der Waals surface area contributed by atoms with Crippen molar-refractivity contribution < 1.29 is 8.78 Å². The minimum atomic E-state index is -0.517. The predicted molar refractivity (Wildman–Crippen MR) is 115 cm³/mol. The van der Waals surface area contributed by atoms with Gasteiger partial charge in [-0.2, -0.15) is 0 Å². The first-order chi connectivity index (χ1) is 12.1. The van der Waals surface area contributed by atoms with Crippen LogP contribution in [0.4, 0.5) is 14.5 Å². The van der Waals surface area contributed by atoms with Crippen LogP contribution in [0.5, 0.6) is 0 Å². The molecular weight excluding hydrogens is 469 g/mol. The molecular formula is C18H23F2IN4S. The summed E-state index contributed by atoms with van der Waals surface area (Å²) in [6, 6.07) is 8.26. The van der Waals surface area contributed by atoms with Crippen molar-refractivity contribution in [2.75, 3.05) is 25.0 Å². The van der Waals surface area contributed by atoms with E-state index in [1.807, 2.05) is 0 Å². The molecule has 1 unspecified atom stereocenters. The molecule has 2 heterocycles. The second-order valence-corrected chi connectivity index (χ2v) is 7.46. The standard InChI is InChI=1S/C18H22F2N4S.HI/c1-12-6-7-14(25-12)10-22-18(21-2)23-13-8-9-24(11-13)17-15(19)4-3-5-16(17)20;/h3-7,13H,8-11H2,1-2H3,(H2,21,22,23);1H. The third-order valence-corrected chi connectivity index (χ3v) is 5.23. The summed E-state index contributed by atoms with van der Waals surface area (Å²) in [6.45, 7) is 3.93. The highest BCUT2D eigenvalue weighted by molar-refractivity contribution is 14.0. The van der Waals surface area contributed by atoms with E-state index in [2.05, 4.69) is 34.7 Å². The van der Waals surface area contributed by atoms with Gasteiger partial charge in [0.25, 0.3) is 0 Å². The third-order valence-electron chi connectivity index (χ3n) is 4.23. The molecule has 26 heavy (non-hydrogen) atoms. The van der Waals surface area contributed by atoms with E-state index in [4.69, 9.17) is 0 Å².